The van der Waals surface area contributed by atoms with Crippen molar-refractivity contribution in [2.75, 3.05) is 13.2 Å². The number of allylic oxidation sites excluding steroid dienone is 2. The predicted molar refractivity (Wildman–Crippen MR) is 79.9 cm³/mol. The standard InChI is InChI=1S/C17H21NO5/c1-17(2,3)11(19)8-23-12(20)7-18-15(21)13-9-4-5-10(6-9)14(13)16(18)22/h4-5,9-10,13-14H,6-8H2,1-3H3/t9-,10-,13-,14-/m0/s1. The second-order valence-corrected chi connectivity index (χ2v) is 7.60. The normalized spacial score (nSPS) is 31.7. The van der Waals surface area contributed by atoms with E-state index in [4.69, 9.17) is 4.74 Å². The fourth-order valence-electron chi connectivity index (χ4n) is 3.66. The van der Waals surface area contributed by atoms with Crippen molar-refractivity contribution in [2.24, 2.45) is 29.1 Å². The van der Waals surface area contributed by atoms with E-state index in [-0.39, 0.29) is 47.9 Å². The van der Waals surface area contributed by atoms with Gasteiger partial charge >= 0.3 is 5.97 Å². The van der Waals surface area contributed by atoms with Gasteiger partial charge in [0, 0.05) is 5.41 Å². The van der Waals surface area contributed by atoms with Crippen LogP contribution in [0.2, 0.25) is 0 Å². The van der Waals surface area contributed by atoms with Gasteiger partial charge in [0.05, 0.1) is 11.8 Å². The van der Waals surface area contributed by atoms with Gasteiger partial charge in [0.2, 0.25) is 11.8 Å². The molecule has 0 unspecified atom stereocenters. The van der Waals surface area contributed by atoms with Crippen LogP contribution in [0.15, 0.2) is 12.2 Å². The summed E-state index contributed by atoms with van der Waals surface area (Å²) in [6.07, 6.45) is 4.85. The summed E-state index contributed by atoms with van der Waals surface area (Å²) < 4.78 is 4.93. The fourth-order valence-corrected chi connectivity index (χ4v) is 3.66. The van der Waals surface area contributed by atoms with Crippen LogP contribution in [-0.2, 0) is 23.9 Å². The van der Waals surface area contributed by atoms with E-state index in [0.717, 1.165) is 11.3 Å². The Morgan fingerprint density at radius 1 is 1.13 bits per heavy atom. The highest BCUT2D eigenvalue weighted by atomic mass is 16.5. The number of hydrogen-bond donors (Lipinski definition) is 0. The molecule has 124 valence electrons. The number of hydrogen-bond acceptors (Lipinski definition) is 5. The third-order valence-corrected chi connectivity index (χ3v) is 5.05. The molecule has 1 heterocycles. The minimum atomic E-state index is -0.718. The van der Waals surface area contributed by atoms with Gasteiger partial charge in [-0.15, -0.1) is 0 Å². The van der Waals surface area contributed by atoms with Gasteiger partial charge in [-0.2, -0.15) is 0 Å². The van der Waals surface area contributed by atoms with Gasteiger partial charge in [0.25, 0.3) is 0 Å². The highest BCUT2D eigenvalue weighted by molar-refractivity contribution is 6.08. The molecule has 0 aromatic heterocycles. The molecule has 2 amide bonds. The van der Waals surface area contributed by atoms with Crippen LogP contribution < -0.4 is 0 Å². The van der Waals surface area contributed by atoms with Crippen LogP contribution in [0.1, 0.15) is 27.2 Å². The number of nitrogens with zero attached hydrogens (tertiary/aromatic N) is 1. The molecule has 1 saturated carbocycles. The number of Topliss-reactive ketones (excluding diaryl/α,β-unsaturated/α-hetero) is 1. The first-order chi connectivity index (χ1) is 10.7. The Morgan fingerprint density at radius 3 is 2.13 bits per heavy atom. The lowest BCUT2D eigenvalue weighted by atomic mass is 9.85. The maximum absolute atomic E-state index is 12.4. The highest BCUT2D eigenvalue weighted by Crippen LogP contribution is 2.52. The Bertz CT molecular complexity index is 585. The number of imide groups is 1. The number of carbonyl (C=O) groups is 4. The molecule has 3 rings (SSSR count). The van der Waals surface area contributed by atoms with Crippen LogP contribution in [0.25, 0.3) is 0 Å². The number of rotatable bonds is 4. The molecule has 6 heteroatoms. The van der Waals surface area contributed by atoms with Crippen molar-refractivity contribution in [3.63, 3.8) is 0 Å². The molecule has 23 heavy (non-hydrogen) atoms. The largest absolute Gasteiger partial charge is 0.456 e. The van der Waals surface area contributed by atoms with Crippen molar-refractivity contribution >= 4 is 23.6 Å². The smallest absolute Gasteiger partial charge is 0.326 e. The summed E-state index contributed by atoms with van der Waals surface area (Å²) in [6, 6.07) is 0. The van der Waals surface area contributed by atoms with E-state index >= 15 is 0 Å². The molecule has 0 aromatic rings. The van der Waals surface area contributed by atoms with Crippen LogP contribution in [0.4, 0.5) is 0 Å². The van der Waals surface area contributed by atoms with Crippen molar-refractivity contribution in [3.8, 4) is 0 Å². The third-order valence-electron chi connectivity index (χ3n) is 5.05. The molecule has 2 bridgehead atoms. The summed E-state index contributed by atoms with van der Waals surface area (Å²) in [6.45, 7) is 4.47. The van der Waals surface area contributed by atoms with Gasteiger partial charge in [-0.1, -0.05) is 32.9 Å². The highest BCUT2D eigenvalue weighted by Gasteiger charge is 2.59. The van der Waals surface area contributed by atoms with Gasteiger partial charge in [0.1, 0.15) is 6.54 Å². The quantitative estimate of drug-likeness (QED) is 0.438. The molecule has 1 aliphatic heterocycles. The van der Waals surface area contributed by atoms with E-state index in [1.54, 1.807) is 20.8 Å². The summed E-state index contributed by atoms with van der Waals surface area (Å²) in [4.78, 5) is 49.5. The monoisotopic (exact) mass is 319 g/mol. The maximum atomic E-state index is 12.4. The first-order valence-corrected chi connectivity index (χ1v) is 7.92. The zero-order valence-corrected chi connectivity index (χ0v) is 13.6. The van der Waals surface area contributed by atoms with E-state index < -0.39 is 17.9 Å². The lowest BCUT2D eigenvalue weighted by Gasteiger charge is -2.18. The Labute approximate surface area is 134 Å². The van der Waals surface area contributed by atoms with Crippen LogP contribution in [-0.4, -0.2) is 41.6 Å². The van der Waals surface area contributed by atoms with Crippen molar-refractivity contribution in [1.29, 1.82) is 0 Å². The average Bonchev–Trinajstić information content (AvgIpc) is 3.13. The van der Waals surface area contributed by atoms with E-state index in [9.17, 15) is 19.2 Å². The van der Waals surface area contributed by atoms with Crippen LogP contribution in [0, 0.1) is 29.1 Å². The Kier molecular flexibility index (Phi) is 3.65. The molecule has 0 radical (unpaired) electrons. The molecule has 0 N–H and O–H groups in total. The van der Waals surface area contributed by atoms with Crippen LogP contribution in [0.3, 0.4) is 0 Å². The second-order valence-electron chi connectivity index (χ2n) is 7.60. The van der Waals surface area contributed by atoms with Gasteiger partial charge in [-0.05, 0) is 18.3 Å². The second kappa shape index (κ2) is 5.28. The summed E-state index contributed by atoms with van der Waals surface area (Å²) >= 11 is 0. The Balaban J connectivity index is 1.59. The molecule has 2 fully saturated rings. The SMILES string of the molecule is CC(C)(C)C(=O)COC(=O)CN1C(=O)[C@@H]2[C@@H](C1=O)[C@H]1C=C[C@H]2C1. The number of carbonyl (C=O) groups excluding carboxylic acids is 4. The zero-order chi connectivity index (χ0) is 16.9. The van der Waals surface area contributed by atoms with Gasteiger partial charge in [0.15, 0.2) is 12.4 Å². The van der Waals surface area contributed by atoms with E-state index in [0.29, 0.717) is 0 Å². The van der Waals surface area contributed by atoms with Crippen molar-refractivity contribution in [1.82, 2.24) is 4.90 Å². The number of amides is 2. The van der Waals surface area contributed by atoms with Gasteiger partial charge in [-0.25, -0.2) is 0 Å². The topological polar surface area (TPSA) is 80.8 Å². The third kappa shape index (κ3) is 2.60. The zero-order valence-electron chi connectivity index (χ0n) is 13.6. The summed E-state index contributed by atoms with van der Waals surface area (Å²) in [5.41, 5.74) is -0.596. The number of likely N-dealkylation sites (tertiary alicyclic amines) is 1. The molecule has 1 saturated heterocycles. The average molecular weight is 319 g/mol. The van der Waals surface area contributed by atoms with Crippen molar-refractivity contribution < 1.29 is 23.9 Å². The van der Waals surface area contributed by atoms with Gasteiger partial charge < -0.3 is 4.74 Å². The Morgan fingerprint density at radius 2 is 1.65 bits per heavy atom. The molecule has 0 aromatic carbocycles. The van der Waals surface area contributed by atoms with Crippen LogP contribution >= 0.6 is 0 Å². The molecular formula is C17H21NO5. The lowest BCUT2D eigenvalue weighted by Crippen LogP contribution is -2.38. The minimum absolute atomic E-state index is 0.116. The predicted octanol–water partition coefficient (Wildman–Crippen LogP) is 0.952. The first kappa shape index (κ1) is 15.9. The van der Waals surface area contributed by atoms with Crippen LogP contribution in [0.5, 0.6) is 0 Å². The first-order valence-electron chi connectivity index (χ1n) is 7.92. The lowest BCUT2D eigenvalue weighted by molar-refractivity contribution is -0.156. The summed E-state index contributed by atoms with van der Waals surface area (Å²) in [5.74, 6) is -1.89. The molecule has 3 aliphatic rings. The molecule has 6 nitrogen and oxygen atoms in total. The number of ketones is 1. The van der Waals surface area contributed by atoms with Crippen molar-refractivity contribution in [2.45, 2.75) is 27.2 Å². The molecule has 4 atom stereocenters. The van der Waals surface area contributed by atoms with Gasteiger partial charge in [-0.3, -0.25) is 24.1 Å². The van der Waals surface area contributed by atoms with Crippen molar-refractivity contribution in [3.05, 3.63) is 12.2 Å². The fraction of sp³-hybridized carbons (Fsp3) is 0.647. The van der Waals surface area contributed by atoms with E-state index in [2.05, 4.69) is 0 Å². The molecular weight excluding hydrogens is 298 g/mol. The minimum Gasteiger partial charge on any atom is -0.456 e. The van der Waals surface area contributed by atoms with E-state index in [1.165, 1.54) is 0 Å². The summed E-state index contributed by atoms with van der Waals surface area (Å²) in [5, 5.41) is 0. The maximum Gasteiger partial charge on any atom is 0.326 e. The van der Waals surface area contributed by atoms with E-state index in [1.807, 2.05) is 12.2 Å². The molecule has 2 aliphatic carbocycles. The number of ether oxygens (including phenoxy) is 1. The molecule has 0 spiro atoms. The number of fused-ring (bicyclic) bond motifs is 5. The Hall–Kier alpha value is -1.98. The summed E-state index contributed by atoms with van der Waals surface area (Å²) in [7, 11) is 0. The number of esters is 1.